The van der Waals surface area contributed by atoms with Crippen molar-refractivity contribution in [2.45, 2.75) is 12.8 Å². The van der Waals surface area contributed by atoms with E-state index >= 15 is 0 Å². The second-order valence-corrected chi connectivity index (χ2v) is 4.47. The second-order valence-electron chi connectivity index (χ2n) is 4.47. The molecule has 0 radical (unpaired) electrons. The van der Waals surface area contributed by atoms with Gasteiger partial charge in [-0.1, -0.05) is 0 Å². The molecule has 21 heavy (non-hydrogen) atoms. The fourth-order valence-electron chi connectivity index (χ4n) is 1.93. The van der Waals surface area contributed by atoms with Crippen LogP contribution in [0.5, 0.6) is 11.5 Å². The summed E-state index contributed by atoms with van der Waals surface area (Å²) in [6.45, 7) is 0.440. The third-order valence-corrected chi connectivity index (χ3v) is 3.04. The van der Waals surface area contributed by atoms with Crippen molar-refractivity contribution in [2.75, 3.05) is 13.7 Å². The van der Waals surface area contributed by atoms with Crippen LogP contribution in [-0.2, 0) is 6.42 Å². The Morgan fingerprint density at radius 2 is 2.00 bits per heavy atom. The number of hydrogen-bond acceptors (Lipinski definition) is 4. The van der Waals surface area contributed by atoms with Crippen LogP contribution in [0.1, 0.15) is 22.3 Å². The summed E-state index contributed by atoms with van der Waals surface area (Å²) in [4.78, 5) is 15.1. The van der Waals surface area contributed by atoms with Crippen LogP contribution < -0.4 is 9.47 Å². The molecule has 0 spiro atoms. The second kappa shape index (κ2) is 7.28. The van der Waals surface area contributed by atoms with Crippen molar-refractivity contribution >= 4 is 5.97 Å². The number of nitrogens with zero attached hydrogens (tertiary/aromatic N) is 1. The van der Waals surface area contributed by atoms with E-state index in [1.165, 1.54) is 18.7 Å². The number of benzene rings is 1. The number of aromatic nitrogens is 1. The molecule has 0 fully saturated rings. The minimum Gasteiger partial charge on any atom is -0.497 e. The molecule has 1 aromatic carbocycles. The van der Waals surface area contributed by atoms with Crippen LogP contribution in [0, 0.1) is 0 Å². The molecule has 5 heteroatoms. The lowest BCUT2D eigenvalue weighted by atomic mass is 10.1. The maximum Gasteiger partial charge on any atom is 0.339 e. The highest BCUT2D eigenvalue weighted by Gasteiger charge is 2.12. The number of rotatable bonds is 7. The van der Waals surface area contributed by atoms with Gasteiger partial charge in [0.25, 0.3) is 0 Å². The first-order valence-corrected chi connectivity index (χ1v) is 6.63. The van der Waals surface area contributed by atoms with E-state index in [1.54, 1.807) is 24.5 Å². The van der Waals surface area contributed by atoms with Gasteiger partial charge < -0.3 is 14.6 Å². The molecule has 2 rings (SSSR count). The molecule has 2 aromatic rings. The Labute approximate surface area is 123 Å². The van der Waals surface area contributed by atoms with E-state index in [0.29, 0.717) is 18.1 Å². The van der Waals surface area contributed by atoms with Gasteiger partial charge in [-0.05, 0) is 42.7 Å². The number of ether oxygens (including phenoxy) is 2. The summed E-state index contributed by atoms with van der Waals surface area (Å²) in [6.07, 6.45) is 5.15. The van der Waals surface area contributed by atoms with Gasteiger partial charge in [-0.2, -0.15) is 0 Å². The Hall–Kier alpha value is -2.56. The molecule has 0 aliphatic carbocycles. The van der Waals surface area contributed by atoms with Gasteiger partial charge in [-0.25, -0.2) is 4.79 Å². The minimum atomic E-state index is -1.01. The van der Waals surface area contributed by atoms with Gasteiger partial charge >= 0.3 is 5.97 Å². The van der Waals surface area contributed by atoms with E-state index in [9.17, 15) is 4.79 Å². The SMILES string of the molecule is COc1ccc(C(=O)O)c(OCCCc2ccncc2)c1. The van der Waals surface area contributed by atoms with E-state index in [1.807, 2.05) is 12.1 Å². The zero-order valence-corrected chi connectivity index (χ0v) is 11.8. The number of carboxylic acids is 1. The van der Waals surface area contributed by atoms with Crippen LogP contribution in [0.4, 0.5) is 0 Å². The highest BCUT2D eigenvalue weighted by atomic mass is 16.5. The molecule has 0 saturated carbocycles. The van der Waals surface area contributed by atoms with E-state index in [-0.39, 0.29) is 5.56 Å². The molecule has 1 aromatic heterocycles. The summed E-state index contributed by atoms with van der Waals surface area (Å²) in [5, 5.41) is 9.14. The zero-order valence-electron chi connectivity index (χ0n) is 11.8. The van der Waals surface area contributed by atoms with E-state index in [2.05, 4.69) is 4.98 Å². The summed E-state index contributed by atoms with van der Waals surface area (Å²) < 4.78 is 10.7. The number of aromatic carboxylic acids is 1. The van der Waals surface area contributed by atoms with Crippen molar-refractivity contribution in [2.24, 2.45) is 0 Å². The van der Waals surface area contributed by atoms with Crippen LogP contribution >= 0.6 is 0 Å². The van der Waals surface area contributed by atoms with Gasteiger partial charge in [0.05, 0.1) is 13.7 Å². The summed E-state index contributed by atoms with van der Waals surface area (Å²) in [6, 6.07) is 8.59. The monoisotopic (exact) mass is 287 g/mol. The minimum absolute atomic E-state index is 0.139. The lowest BCUT2D eigenvalue weighted by Gasteiger charge is -2.10. The molecule has 0 aliphatic heterocycles. The molecule has 0 atom stereocenters. The smallest absolute Gasteiger partial charge is 0.339 e. The topological polar surface area (TPSA) is 68.7 Å². The van der Waals surface area contributed by atoms with Gasteiger partial charge in [0.2, 0.25) is 0 Å². The van der Waals surface area contributed by atoms with Crippen LogP contribution in [0.3, 0.4) is 0 Å². The molecule has 0 bridgehead atoms. The third-order valence-electron chi connectivity index (χ3n) is 3.04. The fraction of sp³-hybridized carbons (Fsp3) is 0.250. The molecule has 0 aliphatic rings. The van der Waals surface area contributed by atoms with Crippen LogP contribution in [-0.4, -0.2) is 29.8 Å². The average molecular weight is 287 g/mol. The number of methoxy groups -OCH3 is 1. The number of aryl methyl sites for hydroxylation is 1. The molecular weight excluding hydrogens is 270 g/mol. The Bertz CT molecular complexity index is 598. The number of carboxylic acid groups (broad SMARTS) is 1. The highest BCUT2D eigenvalue weighted by molar-refractivity contribution is 5.91. The number of pyridine rings is 1. The van der Waals surface area contributed by atoms with E-state index in [0.717, 1.165) is 12.8 Å². The van der Waals surface area contributed by atoms with Crippen LogP contribution in [0.15, 0.2) is 42.7 Å². The van der Waals surface area contributed by atoms with Gasteiger partial charge in [-0.3, -0.25) is 4.98 Å². The maximum absolute atomic E-state index is 11.1. The van der Waals surface area contributed by atoms with Crippen molar-refractivity contribution in [1.29, 1.82) is 0 Å². The Morgan fingerprint density at radius 3 is 2.67 bits per heavy atom. The molecule has 1 N–H and O–H groups in total. The van der Waals surface area contributed by atoms with Crippen molar-refractivity contribution < 1.29 is 19.4 Å². The lowest BCUT2D eigenvalue weighted by molar-refractivity contribution is 0.0692. The number of hydrogen-bond donors (Lipinski definition) is 1. The van der Waals surface area contributed by atoms with Crippen LogP contribution in [0.2, 0.25) is 0 Å². The Balaban J connectivity index is 1.94. The molecule has 110 valence electrons. The Morgan fingerprint density at radius 1 is 1.24 bits per heavy atom. The predicted molar refractivity (Wildman–Crippen MR) is 78.0 cm³/mol. The predicted octanol–water partition coefficient (Wildman–Crippen LogP) is 2.80. The normalized spacial score (nSPS) is 10.1. The summed E-state index contributed by atoms with van der Waals surface area (Å²) in [5.41, 5.74) is 1.32. The fourth-order valence-corrected chi connectivity index (χ4v) is 1.93. The first-order chi connectivity index (χ1) is 10.2. The van der Waals surface area contributed by atoms with Crippen molar-refractivity contribution in [3.63, 3.8) is 0 Å². The van der Waals surface area contributed by atoms with Gasteiger partial charge in [0, 0.05) is 18.5 Å². The number of carbonyl (C=O) groups is 1. The summed E-state index contributed by atoms with van der Waals surface area (Å²) in [5.74, 6) is -0.109. The third kappa shape index (κ3) is 4.21. The van der Waals surface area contributed by atoms with Gasteiger partial charge in [-0.15, -0.1) is 0 Å². The lowest BCUT2D eigenvalue weighted by Crippen LogP contribution is -2.05. The van der Waals surface area contributed by atoms with Gasteiger partial charge in [0.15, 0.2) is 0 Å². The molecule has 0 saturated heterocycles. The maximum atomic E-state index is 11.1. The van der Waals surface area contributed by atoms with E-state index < -0.39 is 5.97 Å². The zero-order chi connectivity index (χ0) is 15.1. The summed E-state index contributed by atoms with van der Waals surface area (Å²) in [7, 11) is 1.53. The molecule has 0 unspecified atom stereocenters. The van der Waals surface area contributed by atoms with Crippen molar-refractivity contribution in [3.05, 3.63) is 53.9 Å². The van der Waals surface area contributed by atoms with Gasteiger partial charge in [0.1, 0.15) is 17.1 Å². The first-order valence-electron chi connectivity index (χ1n) is 6.63. The quantitative estimate of drug-likeness (QED) is 0.793. The highest BCUT2D eigenvalue weighted by Crippen LogP contribution is 2.25. The van der Waals surface area contributed by atoms with Crippen LogP contribution in [0.25, 0.3) is 0 Å². The molecule has 5 nitrogen and oxygen atoms in total. The largest absolute Gasteiger partial charge is 0.497 e. The molecule has 1 heterocycles. The average Bonchev–Trinajstić information content (AvgIpc) is 2.52. The van der Waals surface area contributed by atoms with Crippen molar-refractivity contribution in [1.82, 2.24) is 4.98 Å². The standard InChI is InChI=1S/C16H17NO4/c1-20-13-4-5-14(16(18)19)15(11-13)21-10-2-3-12-6-8-17-9-7-12/h4-9,11H,2-3,10H2,1H3,(H,18,19). The molecule has 0 amide bonds. The molecular formula is C16H17NO4. The first kappa shape index (κ1) is 14.8. The Kier molecular flexibility index (Phi) is 5.15. The van der Waals surface area contributed by atoms with E-state index in [4.69, 9.17) is 14.6 Å². The summed E-state index contributed by atoms with van der Waals surface area (Å²) >= 11 is 0. The van der Waals surface area contributed by atoms with Crippen molar-refractivity contribution in [3.8, 4) is 11.5 Å².